The molecule has 1 aliphatic rings. The molecule has 1 aliphatic carbocycles. The molecule has 4 nitrogen and oxygen atoms in total. The Bertz CT molecular complexity index is 466. The number of unbranched alkanes of at least 4 members (excludes halogenated alkanes) is 6. The lowest BCUT2D eigenvalue weighted by Crippen LogP contribution is -2.35. The summed E-state index contributed by atoms with van der Waals surface area (Å²) in [6, 6.07) is 0. The lowest BCUT2D eigenvalue weighted by molar-refractivity contribution is -0.164. The van der Waals surface area contributed by atoms with Crippen molar-refractivity contribution in [2.75, 3.05) is 0 Å². The maximum atomic E-state index is 12.9. The SMILES string of the molecule is CC(C)CCCCCCC(CCCCCCC(C)C)OC(=O)C1CCCCC1C(=O)O. The summed E-state index contributed by atoms with van der Waals surface area (Å²) in [7, 11) is 0. The first-order chi connectivity index (χ1) is 14.8. The normalized spacial score (nSPS) is 19.3. The van der Waals surface area contributed by atoms with Crippen molar-refractivity contribution in [3.05, 3.63) is 0 Å². The number of hydrogen-bond acceptors (Lipinski definition) is 3. The van der Waals surface area contributed by atoms with Crippen LogP contribution in [0.15, 0.2) is 0 Å². The minimum absolute atomic E-state index is 0.0425. The van der Waals surface area contributed by atoms with E-state index in [1.807, 2.05) is 0 Å². The number of carbonyl (C=O) groups is 2. The molecule has 2 unspecified atom stereocenters. The van der Waals surface area contributed by atoms with Gasteiger partial charge in [0.15, 0.2) is 0 Å². The van der Waals surface area contributed by atoms with Gasteiger partial charge in [0, 0.05) is 0 Å². The first kappa shape index (κ1) is 28.0. The Kier molecular flexibility index (Phi) is 14.9. The van der Waals surface area contributed by atoms with E-state index in [0.29, 0.717) is 12.8 Å². The van der Waals surface area contributed by atoms with Crippen molar-refractivity contribution < 1.29 is 19.4 Å². The Hall–Kier alpha value is -1.06. The van der Waals surface area contributed by atoms with Gasteiger partial charge in [-0.15, -0.1) is 0 Å². The lowest BCUT2D eigenvalue weighted by Gasteiger charge is -2.29. The average Bonchev–Trinajstić information content (AvgIpc) is 2.72. The first-order valence-electron chi connectivity index (χ1n) is 13.2. The molecule has 0 bridgehead atoms. The van der Waals surface area contributed by atoms with Gasteiger partial charge in [-0.25, -0.2) is 0 Å². The van der Waals surface area contributed by atoms with Crippen LogP contribution in [0.4, 0.5) is 0 Å². The average molecular weight is 439 g/mol. The predicted molar refractivity (Wildman–Crippen MR) is 128 cm³/mol. The Morgan fingerprint density at radius 2 is 1.13 bits per heavy atom. The second kappa shape index (κ2) is 16.6. The van der Waals surface area contributed by atoms with Gasteiger partial charge in [0.05, 0.1) is 11.8 Å². The fraction of sp³-hybridized carbons (Fsp3) is 0.926. The number of carboxylic acid groups (broad SMARTS) is 1. The van der Waals surface area contributed by atoms with E-state index in [-0.39, 0.29) is 12.1 Å². The summed E-state index contributed by atoms with van der Waals surface area (Å²) in [6.07, 6.45) is 17.1. The van der Waals surface area contributed by atoms with Crippen LogP contribution in [0.1, 0.15) is 130 Å². The molecule has 0 saturated heterocycles. The van der Waals surface area contributed by atoms with Gasteiger partial charge in [-0.1, -0.05) is 91.9 Å². The molecule has 0 heterocycles. The van der Waals surface area contributed by atoms with E-state index in [0.717, 1.165) is 50.4 Å². The summed E-state index contributed by atoms with van der Waals surface area (Å²) in [6.45, 7) is 9.08. The third kappa shape index (κ3) is 13.2. The third-order valence-corrected chi connectivity index (χ3v) is 6.78. The van der Waals surface area contributed by atoms with Crippen molar-refractivity contribution in [1.29, 1.82) is 0 Å². The number of carboxylic acids is 1. The monoisotopic (exact) mass is 438 g/mol. The molecule has 0 aromatic carbocycles. The molecule has 0 radical (unpaired) electrons. The van der Waals surface area contributed by atoms with Gasteiger partial charge in [0.1, 0.15) is 6.10 Å². The van der Waals surface area contributed by atoms with Crippen molar-refractivity contribution in [3.63, 3.8) is 0 Å². The van der Waals surface area contributed by atoms with Gasteiger partial charge in [0.25, 0.3) is 0 Å². The maximum Gasteiger partial charge on any atom is 0.310 e. The second-order valence-corrected chi connectivity index (χ2v) is 10.7. The smallest absolute Gasteiger partial charge is 0.310 e. The molecule has 0 aromatic rings. The Labute approximate surface area is 191 Å². The van der Waals surface area contributed by atoms with Crippen molar-refractivity contribution in [1.82, 2.24) is 0 Å². The standard InChI is InChI=1S/C27H50O4/c1-21(2)15-9-5-7-11-17-23(18-12-8-6-10-16-22(3)4)31-27(30)25-20-14-13-19-24(25)26(28)29/h21-25H,5-20H2,1-4H3,(H,28,29). The third-order valence-electron chi connectivity index (χ3n) is 6.78. The van der Waals surface area contributed by atoms with Gasteiger partial charge in [0.2, 0.25) is 0 Å². The zero-order valence-electron chi connectivity index (χ0n) is 20.9. The van der Waals surface area contributed by atoms with Crippen LogP contribution >= 0.6 is 0 Å². The molecule has 0 spiro atoms. The van der Waals surface area contributed by atoms with Gasteiger partial charge in [-0.05, 0) is 50.4 Å². The maximum absolute atomic E-state index is 12.9. The molecule has 0 aromatic heterocycles. The zero-order valence-corrected chi connectivity index (χ0v) is 20.9. The minimum atomic E-state index is -0.839. The molecule has 1 saturated carbocycles. The van der Waals surface area contributed by atoms with Crippen LogP contribution in [0.25, 0.3) is 0 Å². The van der Waals surface area contributed by atoms with E-state index in [4.69, 9.17) is 4.74 Å². The molecule has 1 fully saturated rings. The van der Waals surface area contributed by atoms with Crippen molar-refractivity contribution >= 4 is 11.9 Å². The zero-order chi connectivity index (χ0) is 23.1. The van der Waals surface area contributed by atoms with Crippen LogP contribution in [0.3, 0.4) is 0 Å². The molecule has 0 aliphatic heterocycles. The van der Waals surface area contributed by atoms with Crippen LogP contribution in [0.2, 0.25) is 0 Å². The second-order valence-electron chi connectivity index (χ2n) is 10.7. The molecule has 31 heavy (non-hydrogen) atoms. The van der Waals surface area contributed by atoms with Crippen LogP contribution in [0, 0.1) is 23.7 Å². The van der Waals surface area contributed by atoms with Crippen molar-refractivity contribution in [2.45, 2.75) is 137 Å². The highest BCUT2D eigenvalue weighted by Crippen LogP contribution is 2.32. The Morgan fingerprint density at radius 3 is 1.55 bits per heavy atom. The van der Waals surface area contributed by atoms with Gasteiger partial charge in [-0.2, -0.15) is 0 Å². The minimum Gasteiger partial charge on any atom is -0.481 e. The summed E-state index contributed by atoms with van der Waals surface area (Å²) in [4.78, 5) is 24.4. The molecule has 4 heteroatoms. The largest absolute Gasteiger partial charge is 0.481 e. The lowest BCUT2D eigenvalue weighted by atomic mass is 9.79. The molecule has 1 rings (SSSR count). The Morgan fingerprint density at radius 1 is 0.710 bits per heavy atom. The van der Waals surface area contributed by atoms with E-state index in [9.17, 15) is 14.7 Å². The van der Waals surface area contributed by atoms with Gasteiger partial charge >= 0.3 is 11.9 Å². The summed E-state index contributed by atoms with van der Waals surface area (Å²) in [5.41, 5.74) is 0. The fourth-order valence-electron chi connectivity index (χ4n) is 4.78. The molecule has 1 N–H and O–H groups in total. The summed E-state index contributed by atoms with van der Waals surface area (Å²) >= 11 is 0. The van der Waals surface area contributed by atoms with E-state index in [1.54, 1.807) is 0 Å². The highest BCUT2D eigenvalue weighted by molar-refractivity contribution is 5.81. The van der Waals surface area contributed by atoms with E-state index >= 15 is 0 Å². The number of esters is 1. The summed E-state index contributed by atoms with van der Waals surface area (Å²) in [5.74, 6) is -0.575. The van der Waals surface area contributed by atoms with Gasteiger partial charge in [-0.3, -0.25) is 9.59 Å². The van der Waals surface area contributed by atoms with Crippen LogP contribution in [-0.2, 0) is 14.3 Å². The van der Waals surface area contributed by atoms with Crippen molar-refractivity contribution in [2.24, 2.45) is 23.7 Å². The number of ether oxygens (including phenoxy) is 1. The van der Waals surface area contributed by atoms with Crippen molar-refractivity contribution in [3.8, 4) is 0 Å². The van der Waals surface area contributed by atoms with E-state index in [1.165, 1.54) is 51.4 Å². The highest BCUT2D eigenvalue weighted by Gasteiger charge is 2.37. The first-order valence-corrected chi connectivity index (χ1v) is 13.2. The van der Waals surface area contributed by atoms with Crippen LogP contribution < -0.4 is 0 Å². The number of hydrogen-bond donors (Lipinski definition) is 1. The molecule has 0 amide bonds. The molecule has 182 valence electrons. The van der Waals surface area contributed by atoms with Crippen LogP contribution in [-0.4, -0.2) is 23.1 Å². The molecular formula is C27H50O4. The molecule has 2 atom stereocenters. The predicted octanol–water partition coefficient (Wildman–Crippen LogP) is 7.78. The van der Waals surface area contributed by atoms with E-state index in [2.05, 4.69) is 27.7 Å². The topological polar surface area (TPSA) is 63.6 Å². The molecular weight excluding hydrogens is 388 g/mol. The van der Waals surface area contributed by atoms with Gasteiger partial charge < -0.3 is 9.84 Å². The fourth-order valence-corrected chi connectivity index (χ4v) is 4.78. The van der Waals surface area contributed by atoms with E-state index < -0.39 is 17.8 Å². The number of rotatable bonds is 17. The Balaban J connectivity index is 2.47. The summed E-state index contributed by atoms with van der Waals surface area (Å²) in [5, 5.41) is 9.51. The number of aliphatic carboxylic acids is 1. The summed E-state index contributed by atoms with van der Waals surface area (Å²) < 4.78 is 5.96. The van der Waals surface area contributed by atoms with Crippen LogP contribution in [0.5, 0.6) is 0 Å². The quantitative estimate of drug-likeness (QED) is 0.186. The highest BCUT2D eigenvalue weighted by atomic mass is 16.5. The number of carbonyl (C=O) groups excluding carboxylic acids is 1.